The molecule has 1 N–H and O–H groups in total. The molecule has 0 saturated heterocycles. The van der Waals surface area contributed by atoms with Crippen LogP contribution in [0.5, 0.6) is 0 Å². The molecule has 0 unspecified atom stereocenters. The first kappa shape index (κ1) is 15.4. The van der Waals surface area contributed by atoms with Crippen LogP contribution in [0.3, 0.4) is 0 Å². The van der Waals surface area contributed by atoms with Gasteiger partial charge in [-0.15, -0.1) is 0 Å². The zero-order valence-corrected chi connectivity index (χ0v) is 11.4. The first-order valence-corrected chi connectivity index (χ1v) is 6.04. The molecule has 1 amide bonds. The summed E-state index contributed by atoms with van der Waals surface area (Å²) in [5, 5.41) is 3.00. The Morgan fingerprint density at radius 2 is 1.62 bits per heavy atom. The van der Waals surface area contributed by atoms with E-state index in [0.717, 1.165) is 32.5 Å². The molecular formula is C12H27N3O. The number of unbranched alkanes of at least 4 members (excludes halogenated alkanes) is 1. The average Bonchev–Trinajstić information content (AvgIpc) is 2.15. The lowest BCUT2D eigenvalue weighted by molar-refractivity contribution is -0.125. The van der Waals surface area contributed by atoms with Crippen LogP contribution in [0.4, 0.5) is 0 Å². The van der Waals surface area contributed by atoms with Gasteiger partial charge in [0.2, 0.25) is 5.91 Å². The summed E-state index contributed by atoms with van der Waals surface area (Å²) in [5.41, 5.74) is 0. The first-order chi connectivity index (χ1) is 7.47. The van der Waals surface area contributed by atoms with Gasteiger partial charge in [-0.2, -0.15) is 0 Å². The maximum Gasteiger partial charge on any atom is 0.225 e. The summed E-state index contributed by atoms with van der Waals surface area (Å²) in [6.07, 6.45) is 2.18. The van der Waals surface area contributed by atoms with Crippen LogP contribution in [0.25, 0.3) is 0 Å². The van der Waals surface area contributed by atoms with Crippen LogP contribution in [0.2, 0.25) is 0 Å². The smallest absolute Gasteiger partial charge is 0.225 e. The molecule has 4 heteroatoms. The monoisotopic (exact) mass is 229 g/mol. The molecule has 16 heavy (non-hydrogen) atoms. The summed E-state index contributed by atoms with van der Waals surface area (Å²) in [5.74, 6) is 0.234. The van der Waals surface area contributed by atoms with E-state index in [1.807, 2.05) is 28.2 Å². The van der Waals surface area contributed by atoms with Gasteiger partial charge in [-0.3, -0.25) is 4.79 Å². The molecule has 0 aromatic carbocycles. The van der Waals surface area contributed by atoms with E-state index in [1.165, 1.54) is 0 Å². The maximum absolute atomic E-state index is 11.9. The van der Waals surface area contributed by atoms with Crippen LogP contribution >= 0.6 is 0 Å². The van der Waals surface area contributed by atoms with Crippen molar-refractivity contribution >= 4 is 5.91 Å². The lowest BCUT2D eigenvalue weighted by Gasteiger charge is -2.23. The van der Waals surface area contributed by atoms with Crippen LogP contribution in [-0.4, -0.2) is 63.5 Å². The molecule has 0 aromatic rings. The minimum absolute atomic E-state index is 0.0573. The molecule has 0 aromatic heterocycles. The van der Waals surface area contributed by atoms with Crippen molar-refractivity contribution in [1.82, 2.24) is 15.1 Å². The van der Waals surface area contributed by atoms with E-state index in [0.29, 0.717) is 0 Å². The van der Waals surface area contributed by atoms with Crippen molar-refractivity contribution in [3.05, 3.63) is 0 Å². The molecule has 96 valence electrons. The molecule has 0 saturated carbocycles. The molecule has 0 bridgehead atoms. The van der Waals surface area contributed by atoms with Gasteiger partial charge in [0, 0.05) is 19.6 Å². The fourth-order valence-electron chi connectivity index (χ4n) is 1.64. The Morgan fingerprint density at radius 3 is 2.00 bits per heavy atom. The molecule has 0 rings (SSSR count). The Kier molecular flexibility index (Phi) is 8.21. The Hall–Kier alpha value is -0.610. The molecule has 0 aliphatic carbocycles. The van der Waals surface area contributed by atoms with Crippen LogP contribution in [0.1, 0.15) is 19.8 Å². The Balaban J connectivity index is 4.10. The summed E-state index contributed by atoms with van der Waals surface area (Å²) in [6.45, 7) is 4.53. The number of rotatable bonds is 8. The van der Waals surface area contributed by atoms with Gasteiger partial charge in [0.25, 0.3) is 0 Å². The summed E-state index contributed by atoms with van der Waals surface area (Å²) < 4.78 is 0. The van der Waals surface area contributed by atoms with E-state index in [1.54, 1.807) is 0 Å². The second kappa shape index (κ2) is 8.53. The lowest BCUT2D eigenvalue weighted by atomic mass is 10.1. The predicted molar refractivity (Wildman–Crippen MR) is 68.5 cm³/mol. The van der Waals surface area contributed by atoms with Crippen LogP contribution in [0.15, 0.2) is 0 Å². The molecule has 0 fully saturated rings. The highest BCUT2D eigenvalue weighted by molar-refractivity contribution is 5.79. The van der Waals surface area contributed by atoms with Crippen molar-refractivity contribution in [3.63, 3.8) is 0 Å². The quantitative estimate of drug-likeness (QED) is 0.621. The number of hydrogen-bond acceptors (Lipinski definition) is 3. The van der Waals surface area contributed by atoms with Crippen molar-refractivity contribution in [2.24, 2.45) is 5.92 Å². The molecule has 0 heterocycles. The molecule has 0 atom stereocenters. The van der Waals surface area contributed by atoms with Gasteiger partial charge in [-0.1, -0.05) is 13.3 Å². The summed E-state index contributed by atoms with van der Waals surface area (Å²) in [6, 6.07) is 0. The van der Waals surface area contributed by atoms with Crippen LogP contribution in [0, 0.1) is 5.92 Å². The average molecular weight is 229 g/mol. The van der Waals surface area contributed by atoms with Crippen molar-refractivity contribution in [2.75, 3.05) is 47.8 Å². The molecule has 0 aliphatic heterocycles. The van der Waals surface area contributed by atoms with Gasteiger partial charge in [-0.25, -0.2) is 0 Å². The Morgan fingerprint density at radius 1 is 1.12 bits per heavy atom. The third-order valence-corrected chi connectivity index (χ3v) is 2.37. The van der Waals surface area contributed by atoms with E-state index in [4.69, 9.17) is 0 Å². The summed E-state index contributed by atoms with van der Waals surface area (Å²) >= 11 is 0. The number of carbonyl (C=O) groups is 1. The van der Waals surface area contributed by atoms with Gasteiger partial charge >= 0.3 is 0 Å². The summed E-state index contributed by atoms with van der Waals surface area (Å²) in [7, 11) is 8.01. The fourth-order valence-corrected chi connectivity index (χ4v) is 1.64. The summed E-state index contributed by atoms with van der Waals surface area (Å²) in [4.78, 5) is 16.1. The number of carbonyl (C=O) groups excluding carboxylic acids is 1. The molecule has 0 aliphatic rings. The van der Waals surface area contributed by atoms with Gasteiger partial charge in [0.05, 0.1) is 5.92 Å². The number of nitrogens with zero attached hydrogens (tertiary/aromatic N) is 2. The topological polar surface area (TPSA) is 35.6 Å². The van der Waals surface area contributed by atoms with Crippen molar-refractivity contribution in [3.8, 4) is 0 Å². The van der Waals surface area contributed by atoms with Crippen LogP contribution < -0.4 is 5.32 Å². The molecule has 4 nitrogen and oxygen atoms in total. The van der Waals surface area contributed by atoms with Gasteiger partial charge in [0.15, 0.2) is 0 Å². The third kappa shape index (κ3) is 7.65. The zero-order valence-electron chi connectivity index (χ0n) is 11.4. The SMILES string of the molecule is CCCCNC(=O)C(CN(C)C)CN(C)C. The van der Waals surface area contributed by atoms with E-state index in [2.05, 4.69) is 22.0 Å². The minimum atomic E-state index is 0.0573. The number of amides is 1. The van der Waals surface area contributed by atoms with Crippen molar-refractivity contribution < 1.29 is 4.79 Å². The highest BCUT2D eigenvalue weighted by atomic mass is 16.1. The van der Waals surface area contributed by atoms with E-state index < -0.39 is 0 Å². The second-order valence-corrected chi connectivity index (χ2v) is 4.87. The van der Waals surface area contributed by atoms with Crippen molar-refractivity contribution in [1.29, 1.82) is 0 Å². The third-order valence-electron chi connectivity index (χ3n) is 2.37. The Bertz CT molecular complexity index is 183. The minimum Gasteiger partial charge on any atom is -0.356 e. The predicted octanol–water partition coefficient (Wildman–Crippen LogP) is 0.642. The highest BCUT2D eigenvalue weighted by Gasteiger charge is 2.19. The standard InChI is InChI=1S/C12H27N3O/c1-6-7-8-13-12(16)11(9-14(2)3)10-15(4)5/h11H,6-10H2,1-5H3,(H,13,16). The van der Waals surface area contributed by atoms with E-state index in [-0.39, 0.29) is 11.8 Å². The largest absolute Gasteiger partial charge is 0.356 e. The number of hydrogen-bond donors (Lipinski definition) is 1. The fraction of sp³-hybridized carbons (Fsp3) is 0.917. The van der Waals surface area contributed by atoms with Gasteiger partial charge < -0.3 is 15.1 Å². The molecule has 0 radical (unpaired) electrons. The van der Waals surface area contributed by atoms with E-state index in [9.17, 15) is 4.79 Å². The Labute approximate surface area is 100.0 Å². The normalized spacial score (nSPS) is 11.5. The lowest BCUT2D eigenvalue weighted by Crippen LogP contribution is -2.42. The van der Waals surface area contributed by atoms with Gasteiger partial charge in [-0.05, 0) is 34.6 Å². The molecular weight excluding hydrogens is 202 g/mol. The zero-order chi connectivity index (χ0) is 12.6. The maximum atomic E-state index is 11.9. The van der Waals surface area contributed by atoms with Crippen LogP contribution in [-0.2, 0) is 4.79 Å². The molecule has 0 spiro atoms. The highest BCUT2D eigenvalue weighted by Crippen LogP contribution is 2.01. The van der Waals surface area contributed by atoms with Crippen molar-refractivity contribution in [2.45, 2.75) is 19.8 Å². The van der Waals surface area contributed by atoms with Gasteiger partial charge in [0.1, 0.15) is 0 Å². The first-order valence-electron chi connectivity index (χ1n) is 6.04. The van der Waals surface area contributed by atoms with E-state index >= 15 is 0 Å². The second-order valence-electron chi connectivity index (χ2n) is 4.87. The number of nitrogens with one attached hydrogen (secondary N) is 1.